The topological polar surface area (TPSA) is 108 Å². The predicted molar refractivity (Wildman–Crippen MR) is 141 cm³/mol. The number of para-hydroxylation sites is 1. The van der Waals surface area contributed by atoms with Crippen LogP contribution in [-0.2, 0) is 16.3 Å². The highest BCUT2D eigenvalue weighted by Gasteiger charge is 2.20. The van der Waals surface area contributed by atoms with Crippen molar-refractivity contribution in [1.29, 1.82) is 0 Å². The molecule has 0 saturated carbocycles. The van der Waals surface area contributed by atoms with Crippen LogP contribution in [0, 0.1) is 0 Å². The Balaban J connectivity index is 1.59. The molecule has 0 aliphatic heterocycles. The van der Waals surface area contributed by atoms with Gasteiger partial charge in [-0.2, -0.15) is 0 Å². The van der Waals surface area contributed by atoms with E-state index in [-0.39, 0.29) is 23.2 Å². The highest BCUT2D eigenvalue weighted by molar-refractivity contribution is 7.91. The van der Waals surface area contributed by atoms with Gasteiger partial charge in [-0.1, -0.05) is 43.3 Å². The second-order valence-electron chi connectivity index (χ2n) is 8.49. The van der Waals surface area contributed by atoms with Crippen molar-refractivity contribution in [3.8, 4) is 16.9 Å². The maximum atomic E-state index is 13.3. The minimum Gasteiger partial charge on any atom is -0.493 e. The van der Waals surface area contributed by atoms with Gasteiger partial charge >= 0.3 is 0 Å². The summed E-state index contributed by atoms with van der Waals surface area (Å²) in [6, 6.07) is 19.3. The van der Waals surface area contributed by atoms with Gasteiger partial charge in [0.2, 0.25) is 0 Å². The standard InChI is InChI=1S/C28H30N2O5S/c1-3-35-27-14-11-20(19-9-12-23(13-10-19)36(33,34)4-2)16-25(27)28(32)30-22(18-31)15-21-17-29-26-8-6-5-7-24(21)26/h5-14,16-17,22,29,31H,3-4,15,18H2,1-2H3,(H,30,32)/t22-/m1/s1. The second kappa shape index (κ2) is 11.0. The molecule has 4 aromatic rings. The first kappa shape index (κ1) is 25.5. The number of aromatic nitrogens is 1. The van der Waals surface area contributed by atoms with E-state index in [0.717, 1.165) is 27.6 Å². The molecular weight excluding hydrogens is 476 g/mol. The molecule has 1 atom stereocenters. The fourth-order valence-electron chi connectivity index (χ4n) is 4.18. The summed E-state index contributed by atoms with van der Waals surface area (Å²) in [5.74, 6) is 0.113. The lowest BCUT2D eigenvalue weighted by Crippen LogP contribution is -2.39. The van der Waals surface area contributed by atoms with Crippen molar-refractivity contribution in [3.05, 3.63) is 84.1 Å². The molecule has 1 aromatic heterocycles. The molecule has 0 aliphatic rings. The number of sulfone groups is 1. The first-order valence-corrected chi connectivity index (χ1v) is 13.6. The van der Waals surface area contributed by atoms with Crippen LogP contribution in [0.2, 0.25) is 0 Å². The molecule has 1 amide bonds. The summed E-state index contributed by atoms with van der Waals surface area (Å²) in [6.07, 6.45) is 2.36. The summed E-state index contributed by atoms with van der Waals surface area (Å²) in [6.45, 7) is 3.62. The summed E-state index contributed by atoms with van der Waals surface area (Å²) in [4.78, 5) is 16.8. The maximum Gasteiger partial charge on any atom is 0.255 e. The van der Waals surface area contributed by atoms with Crippen LogP contribution in [0.5, 0.6) is 5.75 Å². The van der Waals surface area contributed by atoms with Crippen molar-refractivity contribution in [1.82, 2.24) is 10.3 Å². The van der Waals surface area contributed by atoms with Crippen LogP contribution in [0.1, 0.15) is 29.8 Å². The lowest BCUT2D eigenvalue weighted by Gasteiger charge is -2.18. The quantitative estimate of drug-likeness (QED) is 0.296. The van der Waals surface area contributed by atoms with Crippen molar-refractivity contribution in [2.75, 3.05) is 19.0 Å². The van der Waals surface area contributed by atoms with Gasteiger partial charge in [-0.25, -0.2) is 8.42 Å². The average Bonchev–Trinajstić information content (AvgIpc) is 3.31. The molecule has 7 nitrogen and oxygen atoms in total. The van der Waals surface area contributed by atoms with E-state index in [1.54, 1.807) is 43.3 Å². The van der Waals surface area contributed by atoms with Gasteiger partial charge in [-0.3, -0.25) is 4.79 Å². The fourth-order valence-corrected chi connectivity index (χ4v) is 5.06. The molecule has 0 spiro atoms. The van der Waals surface area contributed by atoms with Gasteiger partial charge < -0.3 is 20.1 Å². The molecule has 36 heavy (non-hydrogen) atoms. The van der Waals surface area contributed by atoms with E-state index in [1.165, 1.54) is 0 Å². The second-order valence-corrected chi connectivity index (χ2v) is 10.8. The minimum atomic E-state index is -3.29. The Hall–Kier alpha value is -3.62. The number of rotatable bonds is 10. The summed E-state index contributed by atoms with van der Waals surface area (Å²) in [5, 5.41) is 14.0. The summed E-state index contributed by atoms with van der Waals surface area (Å²) in [7, 11) is -3.29. The molecule has 1 heterocycles. The lowest BCUT2D eigenvalue weighted by molar-refractivity contribution is 0.0913. The van der Waals surface area contributed by atoms with Gasteiger partial charge in [0.1, 0.15) is 5.75 Å². The van der Waals surface area contributed by atoms with E-state index in [2.05, 4.69) is 10.3 Å². The minimum absolute atomic E-state index is 0.0320. The van der Waals surface area contributed by atoms with E-state index in [0.29, 0.717) is 24.3 Å². The van der Waals surface area contributed by atoms with E-state index >= 15 is 0 Å². The Morgan fingerprint density at radius 2 is 1.75 bits per heavy atom. The molecule has 0 aliphatic carbocycles. The number of fused-ring (bicyclic) bond motifs is 1. The number of amides is 1. The summed E-state index contributed by atoms with van der Waals surface area (Å²) in [5.41, 5.74) is 3.88. The van der Waals surface area contributed by atoms with Crippen LogP contribution in [0.15, 0.2) is 77.8 Å². The highest BCUT2D eigenvalue weighted by atomic mass is 32.2. The van der Waals surface area contributed by atoms with Crippen molar-refractivity contribution < 1.29 is 23.1 Å². The zero-order valence-corrected chi connectivity index (χ0v) is 21.1. The molecule has 0 saturated heterocycles. The van der Waals surface area contributed by atoms with Crippen LogP contribution in [-0.4, -0.2) is 49.4 Å². The number of carbonyl (C=O) groups is 1. The predicted octanol–water partition coefficient (Wildman–Crippen LogP) is 4.36. The van der Waals surface area contributed by atoms with E-state index < -0.39 is 15.9 Å². The van der Waals surface area contributed by atoms with E-state index in [9.17, 15) is 18.3 Å². The third-order valence-corrected chi connectivity index (χ3v) is 7.90. The maximum absolute atomic E-state index is 13.3. The van der Waals surface area contributed by atoms with Crippen LogP contribution >= 0.6 is 0 Å². The van der Waals surface area contributed by atoms with Crippen LogP contribution in [0.3, 0.4) is 0 Å². The number of hydrogen-bond acceptors (Lipinski definition) is 5. The zero-order valence-electron chi connectivity index (χ0n) is 20.3. The Morgan fingerprint density at radius 3 is 2.44 bits per heavy atom. The van der Waals surface area contributed by atoms with E-state index in [4.69, 9.17) is 4.74 Å². The monoisotopic (exact) mass is 506 g/mol. The number of ether oxygens (including phenoxy) is 1. The van der Waals surface area contributed by atoms with Gasteiger partial charge in [0.15, 0.2) is 9.84 Å². The number of H-pyrrole nitrogens is 1. The van der Waals surface area contributed by atoms with Crippen molar-refractivity contribution in [2.24, 2.45) is 0 Å². The number of benzene rings is 3. The third kappa shape index (κ3) is 5.45. The smallest absolute Gasteiger partial charge is 0.255 e. The Labute approximate surface area is 211 Å². The van der Waals surface area contributed by atoms with Crippen LogP contribution in [0.25, 0.3) is 22.0 Å². The fraction of sp³-hybridized carbons (Fsp3) is 0.250. The lowest BCUT2D eigenvalue weighted by atomic mass is 10.0. The number of aromatic amines is 1. The zero-order chi connectivity index (χ0) is 25.7. The normalized spacial score (nSPS) is 12.4. The van der Waals surface area contributed by atoms with Crippen molar-refractivity contribution >= 4 is 26.6 Å². The third-order valence-electron chi connectivity index (χ3n) is 6.15. The van der Waals surface area contributed by atoms with Gasteiger partial charge in [0.25, 0.3) is 5.91 Å². The number of aliphatic hydroxyl groups excluding tert-OH is 1. The molecule has 3 N–H and O–H groups in total. The average molecular weight is 507 g/mol. The molecule has 3 aromatic carbocycles. The molecular formula is C28H30N2O5S. The van der Waals surface area contributed by atoms with Crippen LogP contribution in [0.4, 0.5) is 0 Å². The summed E-state index contributed by atoms with van der Waals surface area (Å²) < 4.78 is 30.0. The largest absolute Gasteiger partial charge is 0.493 e. The molecule has 0 bridgehead atoms. The van der Waals surface area contributed by atoms with Gasteiger partial charge in [-0.15, -0.1) is 0 Å². The SMILES string of the molecule is CCOc1ccc(-c2ccc(S(=O)(=O)CC)cc2)cc1C(=O)N[C@@H](CO)Cc1c[nH]c2ccccc12. The first-order chi connectivity index (χ1) is 17.4. The number of aliphatic hydroxyl groups is 1. The Morgan fingerprint density at radius 1 is 1.03 bits per heavy atom. The van der Waals surface area contributed by atoms with Gasteiger partial charge in [0, 0.05) is 17.1 Å². The molecule has 0 unspecified atom stereocenters. The number of nitrogens with one attached hydrogen (secondary N) is 2. The van der Waals surface area contributed by atoms with Gasteiger partial charge in [0.05, 0.1) is 35.5 Å². The van der Waals surface area contributed by atoms with Crippen molar-refractivity contribution in [2.45, 2.75) is 31.2 Å². The van der Waals surface area contributed by atoms with E-state index in [1.807, 2.05) is 43.5 Å². The molecule has 0 radical (unpaired) electrons. The Bertz CT molecular complexity index is 1460. The molecule has 0 fully saturated rings. The van der Waals surface area contributed by atoms with Gasteiger partial charge in [-0.05, 0) is 60.4 Å². The number of carbonyl (C=O) groups excluding carboxylic acids is 1. The molecule has 4 rings (SSSR count). The highest BCUT2D eigenvalue weighted by Crippen LogP contribution is 2.28. The molecule has 8 heteroatoms. The Kier molecular flexibility index (Phi) is 7.76. The molecule has 188 valence electrons. The number of hydrogen-bond donors (Lipinski definition) is 3. The van der Waals surface area contributed by atoms with Crippen LogP contribution < -0.4 is 10.1 Å². The summed E-state index contributed by atoms with van der Waals surface area (Å²) >= 11 is 0. The van der Waals surface area contributed by atoms with Crippen molar-refractivity contribution in [3.63, 3.8) is 0 Å². The first-order valence-electron chi connectivity index (χ1n) is 11.9.